The van der Waals surface area contributed by atoms with Gasteiger partial charge in [-0.25, -0.2) is 4.98 Å². The summed E-state index contributed by atoms with van der Waals surface area (Å²) in [5.74, 6) is 0.682. The zero-order chi connectivity index (χ0) is 11.0. The van der Waals surface area contributed by atoms with Gasteiger partial charge in [-0.3, -0.25) is 0 Å². The smallest absolute Gasteiger partial charge is 0.227 e. The van der Waals surface area contributed by atoms with Crippen molar-refractivity contribution in [2.24, 2.45) is 0 Å². The summed E-state index contributed by atoms with van der Waals surface area (Å²) in [5.41, 5.74) is 3.98. The number of nitrogens with zero attached hydrogens (tertiary/aromatic N) is 1. The summed E-state index contributed by atoms with van der Waals surface area (Å²) in [6.07, 6.45) is 0. The van der Waals surface area contributed by atoms with Gasteiger partial charge in [0, 0.05) is 5.56 Å². The number of hydrogen-bond donors (Lipinski definition) is 0. The molecule has 0 unspecified atom stereocenters. The monoisotopic (exact) mass is 207 g/mol. The largest absolute Gasteiger partial charge is 0.436 e. The lowest BCUT2D eigenvalue weighted by atomic mass is 9.95. The van der Waals surface area contributed by atoms with E-state index in [1.807, 2.05) is 36.4 Å². The summed E-state index contributed by atoms with van der Waals surface area (Å²) in [4.78, 5) is 4.45. The Hall–Kier alpha value is -2.03. The van der Waals surface area contributed by atoms with Crippen molar-refractivity contribution in [2.75, 3.05) is 0 Å². The summed E-state index contributed by atoms with van der Waals surface area (Å²) in [5, 5.41) is 0. The second-order valence-corrected chi connectivity index (χ2v) is 3.85. The van der Waals surface area contributed by atoms with Crippen molar-refractivity contribution in [3.63, 3.8) is 0 Å². The molecule has 16 heavy (non-hydrogen) atoms. The van der Waals surface area contributed by atoms with Crippen molar-refractivity contribution in [3.8, 4) is 11.5 Å². The van der Waals surface area contributed by atoms with Crippen molar-refractivity contribution in [2.45, 2.75) is 0 Å². The van der Waals surface area contributed by atoms with Crippen LogP contribution >= 0.6 is 0 Å². The van der Waals surface area contributed by atoms with Crippen LogP contribution in [0.25, 0.3) is 22.6 Å². The van der Waals surface area contributed by atoms with E-state index < -0.39 is 0 Å². The fraction of sp³-hybridized carbons (Fsp3) is 0. The molecule has 3 heteroatoms. The van der Waals surface area contributed by atoms with Gasteiger partial charge in [0.05, 0.1) is 0 Å². The van der Waals surface area contributed by atoms with Crippen molar-refractivity contribution in [1.82, 2.24) is 4.98 Å². The van der Waals surface area contributed by atoms with E-state index in [1.165, 1.54) is 5.46 Å². The van der Waals surface area contributed by atoms with Gasteiger partial charge in [0.25, 0.3) is 0 Å². The maximum absolute atomic E-state index is 5.68. The van der Waals surface area contributed by atoms with Crippen LogP contribution in [0.2, 0.25) is 0 Å². The maximum atomic E-state index is 5.68. The average Bonchev–Trinajstić information content (AvgIpc) is 2.73. The Labute approximate surface area is 94.3 Å². The predicted octanol–water partition coefficient (Wildman–Crippen LogP) is 1.75. The van der Waals surface area contributed by atoms with E-state index in [-0.39, 0.29) is 0 Å². The topological polar surface area (TPSA) is 26.0 Å². The molecule has 0 N–H and O–H groups in total. The molecule has 0 aliphatic rings. The van der Waals surface area contributed by atoms with Crippen LogP contribution in [0.5, 0.6) is 0 Å². The van der Waals surface area contributed by atoms with Crippen molar-refractivity contribution < 1.29 is 4.42 Å². The second kappa shape index (κ2) is 3.52. The highest BCUT2D eigenvalue weighted by Gasteiger charge is 2.06. The van der Waals surface area contributed by atoms with Crippen LogP contribution < -0.4 is 5.46 Å². The Kier molecular flexibility index (Phi) is 2.03. The van der Waals surface area contributed by atoms with Gasteiger partial charge < -0.3 is 4.42 Å². The standard InChI is InChI=1S/C13H10BNO/c14-10-7-5-9(6-8-10)13-15-11-3-1-2-4-12(11)16-13/h1-8H,14H2. The molecule has 1 aromatic heterocycles. The molecular weight excluding hydrogens is 197 g/mol. The summed E-state index contributed by atoms with van der Waals surface area (Å²) in [6, 6.07) is 16.0. The summed E-state index contributed by atoms with van der Waals surface area (Å²) in [7, 11) is 2.07. The third-order valence-electron chi connectivity index (χ3n) is 2.59. The van der Waals surface area contributed by atoms with E-state index in [9.17, 15) is 0 Å². The Morgan fingerprint density at radius 3 is 2.44 bits per heavy atom. The van der Waals surface area contributed by atoms with E-state index in [4.69, 9.17) is 4.42 Å². The van der Waals surface area contributed by atoms with Crippen LogP contribution in [0.3, 0.4) is 0 Å². The third kappa shape index (κ3) is 1.50. The predicted molar refractivity (Wildman–Crippen MR) is 67.6 cm³/mol. The van der Waals surface area contributed by atoms with Gasteiger partial charge in [0.2, 0.25) is 5.89 Å². The van der Waals surface area contributed by atoms with E-state index in [0.29, 0.717) is 5.89 Å². The quantitative estimate of drug-likeness (QED) is 0.568. The highest BCUT2D eigenvalue weighted by Crippen LogP contribution is 2.22. The molecule has 76 valence electrons. The molecule has 0 fully saturated rings. The van der Waals surface area contributed by atoms with Crippen molar-refractivity contribution in [3.05, 3.63) is 48.5 Å². The van der Waals surface area contributed by atoms with E-state index in [2.05, 4.69) is 25.0 Å². The third-order valence-corrected chi connectivity index (χ3v) is 2.59. The molecule has 0 saturated heterocycles. The Morgan fingerprint density at radius 2 is 1.69 bits per heavy atom. The fourth-order valence-corrected chi connectivity index (χ4v) is 1.69. The van der Waals surface area contributed by atoms with Crippen LogP contribution in [-0.2, 0) is 0 Å². The number of oxazole rings is 1. The minimum Gasteiger partial charge on any atom is -0.436 e. The van der Waals surface area contributed by atoms with Crippen molar-refractivity contribution in [1.29, 1.82) is 0 Å². The first-order chi connectivity index (χ1) is 7.83. The van der Waals surface area contributed by atoms with E-state index in [0.717, 1.165) is 16.7 Å². The first kappa shape index (κ1) is 9.22. The number of rotatable bonds is 1. The normalized spacial score (nSPS) is 10.8. The molecular formula is C13H10BNO. The maximum Gasteiger partial charge on any atom is 0.227 e. The lowest BCUT2D eigenvalue weighted by Crippen LogP contribution is -1.99. The molecule has 3 rings (SSSR count). The molecule has 0 amide bonds. The van der Waals surface area contributed by atoms with Crippen LogP contribution in [0.1, 0.15) is 0 Å². The first-order valence-electron chi connectivity index (χ1n) is 5.25. The molecule has 2 aromatic carbocycles. The molecule has 0 spiro atoms. The van der Waals surface area contributed by atoms with Crippen LogP contribution in [0.15, 0.2) is 52.9 Å². The van der Waals surface area contributed by atoms with Gasteiger partial charge in [0.15, 0.2) is 5.58 Å². The fourth-order valence-electron chi connectivity index (χ4n) is 1.69. The molecule has 0 radical (unpaired) electrons. The van der Waals surface area contributed by atoms with E-state index in [1.54, 1.807) is 0 Å². The molecule has 2 nitrogen and oxygen atoms in total. The molecule has 0 saturated carbocycles. The number of para-hydroxylation sites is 2. The Balaban J connectivity index is 2.15. The SMILES string of the molecule is Bc1ccc(-c2nc3ccccc3o2)cc1. The van der Waals surface area contributed by atoms with Gasteiger partial charge in [-0.05, 0) is 12.1 Å². The van der Waals surface area contributed by atoms with Crippen molar-refractivity contribution >= 4 is 24.4 Å². The number of fused-ring (bicyclic) bond motifs is 1. The van der Waals surface area contributed by atoms with E-state index >= 15 is 0 Å². The molecule has 3 aromatic rings. The number of benzene rings is 2. The van der Waals surface area contributed by atoms with Gasteiger partial charge in [-0.15, -0.1) is 0 Å². The zero-order valence-electron chi connectivity index (χ0n) is 8.97. The molecule has 1 heterocycles. The van der Waals surface area contributed by atoms with Gasteiger partial charge in [0.1, 0.15) is 13.4 Å². The summed E-state index contributed by atoms with van der Waals surface area (Å²) >= 11 is 0. The lowest BCUT2D eigenvalue weighted by molar-refractivity contribution is 0.620. The molecule has 0 atom stereocenters. The number of aromatic nitrogens is 1. The second-order valence-electron chi connectivity index (χ2n) is 3.85. The minimum atomic E-state index is 0.682. The van der Waals surface area contributed by atoms with Crippen LogP contribution in [0, 0.1) is 0 Å². The highest BCUT2D eigenvalue weighted by atomic mass is 16.3. The Morgan fingerprint density at radius 1 is 0.938 bits per heavy atom. The highest BCUT2D eigenvalue weighted by molar-refractivity contribution is 6.32. The first-order valence-corrected chi connectivity index (χ1v) is 5.25. The minimum absolute atomic E-state index is 0.682. The average molecular weight is 207 g/mol. The molecule has 0 aliphatic carbocycles. The van der Waals surface area contributed by atoms with Gasteiger partial charge in [-0.2, -0.15) is 0 Å². The summed E-state index contributed by atoms with van der Waals surface area (Å²) in [6.45, 7) is 0. The molecule has 0 aliphatic heterocycles. The zero-order valence-corrected chi connectivity index (χ0v) is 8.97. The Bertz CT molecular complexity index is 595. The van der Waals surface area contributed by atoms with Crippen LogP contribution in [0.4, 0.5) is 0 Å². The van der Waals surface area contributed by atoms with Crippen LogP contribution in [-0.4, -0.2) is 12.8 Å². The lowest BCUT2D eigenvalue weighted by Gasteiger charge is -1.95. The summed E-state index contributed by atoms with van der Waals surface area (Å²) < 4.78 is 5.68. The van der Waals surface area contributed by atoms with Gasteiger partial charge in [-0.1, -0.05) is 41.9 Å². The number of hydrogen-bond acceptors (Lipinski definition) is 2. The van der Waals surface area contributed by atoms with Gasteiger partial charge >= 0.3 is 0 Å². The molecule has 0 bridgehead atoms.